The highest BCUT2D eigenvalue weighted by atomic mass is 35.5. The van der Waals surface area contributed by atoms with Gasteiger partial charge in [0.15, 0.2) is 5.82 Å². The van der Waals surface area contributed by atoms with Gasteiger partial charge in [0.05, 0.1) is 21.6 Å². The molecule has 2 atom stereocenters. The Labute approximate surface area is 239 Å². The summed E-state index contributed by atoms with van der Waals surface area (Å²) < 4.78 is 32.0. The molecular formula is C27H30ClF2N7O4. The lowest BCUT2D eigenvalue weighted by Crippen LogP contribution is -2.53. The largest absolute Gasteiger partial charge is 0.396 e. The number of aromatic nitrogens is 3. The van der Waals surface area contributed by atoms with Gasteiger partial charge in [-0.15, -0.1) is 0 Å². The van der Waals surface area contributed by atoms with Gasteiger partial charge >= 0.3 is 11.1 Å². The molecule has 3 aromatic rings. The first-order chi connectivity index (χ1) is 19.4. The first kappa shape index (κ1) is 30.0. The Kier molecular flexibility index (Phi) is 8.65. The Morgan fingerprint density at radius 1 is 1.24 bits per heavy atom. The number of pyridine rings is 1. The van der Waals surface area contributed by atoms with Crippen molar-refractivity contribution in [3.05, 3.63) is 55.6 Å². The molecule has 0 spiro atoms. The van der Waals surface area contributed by atoms with Crippen molar-refractivity contribution >= 4 is 45.9 Å². The van der Waals surface area contributed by atoms with Crippen LogP contribution in [-0.4, -0.2) is 57.8 Å². The van der Waals surface area contributed by atoms with Crippen molar-refractivity contribution in [1.82, 2.24) is 19.4 Å². The average molecular weight is 590 g/mol. The summed E-state index contributed by atoms with van der Waals surface area (Å²) in [6, 6.07) is 8.30. The van der Waals surface area contributed by atoms with Crippen LogP contribution in [0.3, 0.4) is 0 Å². The molecule has 1 amide bonds. The number of carbonyl (C=O) groups is 1. The van der Waals surface area contributed by atoms with Gasteiger partial charge < -0.3 is 29.8 Å². The fourth-order valence-corrected chi connectivity index (χ4v) is 5.29. The lowest BCUT2D eigenvalue weighted by molar-refractivity contribution is -0.120. The number of nitrogens with zero attached hydrogens (tertiary/aromatic N) is 5. The number of nitrogens with one attached hydrogen (secondary N) is 2. The first-order valence-electron chi connectivity index (χ1n) is 13.0. The average Bonchev–Trinajstić information content (AvgIpc) is 2.95. The van der Waals surface area contributed by atoms with E-state index in [1.807, 2.05) is 6.07 Å². The molecule has 218 valence electrons. The molecule has 11 nitrogen and oxygen atoms in total. The molecule has 3 N–H and O–H groups in total. The number of amides is 1. The van der Waals surface area contributed by atoms with Crippen molar-refractivity contribution in [3.63, 3.8) is 0 Å². The standard InChI is InChI=1S/C27H30ClF2N7O4/c1-15-13-36(14-17(7-9-38)27(15,29)30)24-16(12-31)10-19(28)23(34-24)33-18-4-5-20-21(11-18)37(8-6-22(39)32-2)26(41)25(40)35(20)3/h4-5,10-11,15,17,38H,6-9,13-14H2,1-3H3,(H,32,39)(H,33,34)/t15-,17+/m0/s1. The van der Waals surface area contributed by atoms with E-state index in [2.05, 4.69) is 15.6 Å². The van der Waals surface area contributed by atoms with Crippen molar-refractivity contribution in [2.75, 3.05) is 37.0 Å². The van der Waals surface area contributed by atoms with Crippen LogP contribution in [-0.2, 0) is 18.4 Å². The Morgan fingerprint density at radius 3 is 2.63 bits per heavy atom. The summed E-state index contributed by atoms with van der Waals surface area (Å²) in [6.07, 6.45) is -0.122. The van der Waals surface area contributed by atoms with Crippen LogP contribution in [0.25, 0.3) is 11.0 Å². The normalized spacial score (nSPS) is 18.2. The number of nitriles is 1. The van der Waals surface area contributed by atoms with Crippen LogP contribution in [0.5, 0.6) is 0 Å². The second-order valence-electron chi connectivity index (χ2n) is 10.1. The third-order valence-electron chi connectivity index (χ3n) is 7.45. The van der Waals surface area contributed by atoms with Crippen LogP contribution < -0.4 is 26.7 Å². The maximum atomic E-state index is 14.8. The van der Waals surface area contributed by atoms with E-state index in [4.69, 9.17) is 11.6 Å². The number of benzene rings is 1. The Morgan fingerprint density at radius 2 is 1.98 bits per heavy atom. The molecular weight excluding hydrogens is 560 g/mol. The highest BCUT2D eigenvalue weighted by Gasteiger charge is 2.49. The molecule has 14 heteroatoms. The predicted octanol–water partition coefficient (Wildman–Crippen LogP) is 2.59. The lowest BCUT2D eigenvalue weighted by Gasteiger charge is -2.43. The predicted molar refractivity (Wildman–Crippen MR) is 151 cm³/mol. The van der Waals surface area contributed by atoms with E-state index >= 15 is 0 Å². The number of halogens is 3. The summed E-state index contributed by atoms with van der Waals surface area (Å²) in [5, 5.41) is 24.8. The fourth-order valence-electron chi connectivity index (χ4n) is 5.10. The zero-order valence-electron chi connectivity index (χ0n) is 22.7. The number of hydrogen-bond acceptors (Lipinski definition) is 8. The highest BCUT2D eigenvalue weighted by molar-refractivity contribution is 6.33. The molecule has 1 saturated heterocycles. The molecule has 0 unspecified atom stereocenters. The van der Waals surface area contributed by atoms with Crippen molar-refractivity contribution < 1.29 is 18.7 Å². The summed E-state index contributed by atoms with van der Waals surface area (Å²) in [5.74, 6) is -5.14. The van der Waals surface area contributed by atoms with Crippen LogP contribution >= 0.6 is 11.6 Å². The maximum absolute atomic E-state index is 14.8. The van der Waals surface area contributed by atoms with E-state index in [0.717, 1.165) is 0 Å². The number of aliphatic hydroxyl groups excluding tert-OH is 1. The smallest absolute Gasteiger partial charge is 0.316 e. The highest BCUT2D eigenvalue weighted by Crippen LogP contribution is 2.42. The molecule has 0 saturated carbocycles. The van der Waals surface area contributed by atoms with Crippen LogP contribution in [0.1, 0.15) is 25.3 Å². The van der Waals surface area contributed by atoms with Crippen LogP contribution in [0, 0.1) is 23.2 Å². The molecule has 0 bridgehead atoms. The van der Waals surface area contributed by atoms with Crippen molar-refractivity contribution in [2.45, 2.75) is 32.2 Å². The summed E-state index contributed by atoms with van der Waals surface area (Å²) in [7, 11) is 2.95. The molecule has 3 heterocycles. The second kappa shape index (κ2) is 11.8. The molecule has 1 aromatic carbocycles. The number of aryl methyl sites for hydroxylation is 2. The van der Waals surface area contributed by atoms with E-state index in [9.17, 15) is 33.5 Å². The van der Waals surface area contributed by atoms with E-state index < -0.39 is 35.5 Å². The van der Waals surface area contributed by atoms with Crippen molar-refractivity contribution in [2.24, 2.45) is 18.9 Å². The Hall–Kier alpha value is -4.02. The number of hydrogen-bond donors (Lipinski definition) is 3. The first-order valence-corrected chi connectivity index (χ1v) is 13.4. The molecule has 41 heavy (non-hydrogen) atoms. The van der Waals surface area contributed by atoms with Gasteiger partial charge in [-0.1, -0.05) is 18.5 Å². The lowest BCUT2D eigenvalue weighted by atomic mass is 9.84. The molecule has 0 radical (unpaired) electrons. The van der Waals surface area contributed by atoms with E-state index in [-0.39, 0.29) is 60.6 Å². The van der Waals surface area contributed by atoms with Gasteiger partial charge in [0, 0.05) is 64.3 Å². The summed E-state index contributed by atoms with van der Waals surface area (Å²) >= 11 is 6.45. The quantitative estimate of drug-likeness (QED) is 0.340. The number of anilines is 3. The summed E-state index contributed by atoms with van der Waals surface area (Å²) in [6.45, 7) is 0.834. The zero-order chi connectivity index (χ0) is 30.1. The van der Waals surface area contributed by atoms with Crippen molar-refractivity contribution in [1.29, 1.82) is 5.26 Å². The van der Waals surface area contributed by atoms with E-state index in [0.29, 0.717) is 16.7 Å². The second-order valence-corrected chi connectivity index (χ2v) is 10.5. The van der Waals surface area contributed by atoms with Gasteiger partial charge in [-0.3, -0.25) is 14.4 Å². The molecule has 0 aliphatic carbocycles. The summed E-state index contributed by atoms with van der Waals surface area (Å²) in [5.41, 5.74) is -0.142. The van der Waals surface area contributed by atoms with E-state index in [1.54, 1.807) is 23.1 Å². The van der Waals surface area contributed by atoms with Gasteiger partial charge in [0.2, 0.25) is 5.91 Å². The monoisotopic (exact) mass is 589 g/mol. The molecule has 4 rings (SSSR count). The number of carbonyl (C=O) groups excluding carboxylic acids is 1. The van der Waals surface area contributed by atoms with Crippen LogP contribution in [0.2, 0.25) is 5.02 Å². The minimum Gasteiger partial charge on any atom is -0.396 e. The Bertz CT molecular complexity index is 1650. The van der Waals surface area contributed by atoms with Gasteiger partial charge in [-0.2, -0.15) is 5.26 Å². The van der Waals surface area contributed by atoms with Gasteiger partial charge in [-0.05, 0) is 30.7 Å². The van der Waals surface area contributed by atoms with Gasteiger partial charge in [0.25, 0.3) is 5.92 Å². The third kappa shape index (κ3) is 5.75. The topological polar surface area (TPSA) is 145 Å². The van der Waals surface area contributed by atoms with Crippen LogP contribution in [0.4, 0.5) is 26.1 Å². The van der Waals surface area contributed by atoms with Gasteiger partial charge in [-0.25, -0.2) is 13.8 Å². The number of rotatable bonds is 8. The van der Waals surface area contributed by atoms with E-state index in [1.165, 1.54) is 36.2 Å². The van der Waals surface area contributed by atoms with Crippen LogP contribution in [0.15, 0.2) is 33.9 Å². The van der Waals surface area contributed by atoms with Crippen molar-refractivity contribution in [3.8, 4) is 6.07 Å². The molecule has 2 aromatic heterocycles. The summed E-state index contributed by atoms with van der Waals surface area (Å²) in [4.78, 5) is 43.3. The molecule has 1 fully saturated rings. The zero-order valence-corrected chi connectivity index (χ0v) is 23.5. The maximum Gasteiger partial charge on any atom is 0.316 e. The SMILES string of the molecule is CNC(=O)CCn1c(=O)c(=O)n(C)c2ccc(Nc3nc(N4C[C@@H](CCO)C(F)(F)[C@@H](C)C4)c(C#N)cc3Cl)cc21. The number of aliphatic hydroxyl groups is 1. The minimum absolute atomic E-state index is 0.0206. The molecule has 1 aliphatic heterocycles. The Balaban J connectivity index is 1.75. The number of piperidine rings is 1. The minimum atomic E-state index is -2.99. The molecule has 1 aliphatic rings. The number of fused-ring (bicyclic) bond motifs is 1. The van der Waals surface area contributed by atoms with Gasteiger partial charge in [0.1, 0.15) is 11.9 Å². The third-order valence-corrected chi connectivity index (χ3v) is 7.74. The fraction of sp³-hybridized carbons (Fsp3) is 0.444. The number of alkyl halides is 2.